The Hall–Kier alpha value is -7.94. The molecule has 0 radical (unpaired) electrons. The number of rotatable bonds is 5. The van der Waals surface area contributed by atoms with Gasteiger partial charge in [-0.15, -0.1) is 0 Å². The maximum Gasteiger partial charge on any atom is 0.135 e. The maximum atomic E-state index is 6.22. The number of para-hydroxylation sites is 1. The van der Waals surface area contributed by atoms with E-state index in [1.54, 1.807) is 0 Å². The zero-order valence-corrected chi connectivity index (χ0v) is 32.6. The van der Waals surface area contributed by atoms with Crippen molar-refractivity contribution in [2.45, 2.75) is 0 Å². The molecule has 2 heteroatoms. The average Bonchev–Trinajstić information content (AvgIpc) is 3.69. The molecule has 0 spiro atoms. The highest BCUT2D eigenvalue weighted by Gasteiger charge is 2.20. The fourth-order valence-electron chi connectivity index (χ4n) is 10.0. The van der Waals surface area contributed by atoms with Gasteiger partial charge in [0, 0.05) is 27.8 Å². The van der Waals surface area contributed by atoms with Gasteiger partial charge in [-0.3, -0.25) is 0 Å². The molecule has 13 rings (SSSR count). The summed E-state index contributed by atoms with van der Waals surface area (Å²) in [4.78, 5) is 2.43. The van der Waals surface area contributed by atoms with Crippen LogP contribution in [0.5, 0.6) is 0 Å². The lowest BCUT2D eigenvalue weighted by Crippen LogP contribution is -2.10. The van der Waals surface area contributed by atoms with Crippen molar-refractivity contribution in [3.05, 3.63) is 212 Å². The molecular weight excluding hydrogens is 727 g/mol. The molecule has 0 aliphatic rings. The Morgan fingerprint density at radius 2 is 0.767 bits per heavy atom. The molecule has 0 unspecified atom stereocenters. The van der Waals surface area contributed by atoms with Gasteiger partial charge < -0.3 is 9.32 Å². The van der Waals surface area contributed by atoms with Gasteiger partial charge in [0.1, 0.15) is 11.2 Å². The average molecular weight is 762 g/mol. The first-order valence-corrected chi connectivity index (χ1v) is 20.7. The molecule has 2 nitrogen and oxygen atoms in total. The summed E-state index contributed by atoms with van der Waals surface area (Å²) in [6, 6.07) is 77.9. The fourth-order valence-corrected chi connectivity index (χ4v) is 10.0. The lowest BCUT2D eigenvalue weighted by atomic mass is 9.87. The van der Waals surface area contributed by atoms with E-state index in [1.165, 1.54) is 75.8 Å². The topological polar surface area (TPSA) is 16.4 Å². The minimum atomic E-state index is 0.900. The van der Waals surface area contributed by atoms with E-state index in [4.69, 9.17) is 4.42 Å². The number of hydrogen-bond acceptors (Lipinski definition) is 2. The van der Waals surface area contributed by atoms with E-state index in [1.807, 2.05) is 12.1 Å². The van der Waals surface area contributed by atoms with Crippen molar-refractivity contribution >= 4 is 104 Å². The lowest BCUT2D eigenvalue weighted by molar-refractivity contribution is 0.669. The molecule has 0 aliphatic carbocycles. The van der Waals surface area contributed by atoms with Crippen LogP contribution in [0, 0.1) is 0 Å². The minimum absolute atomic E-state index is 0.900. The molecule has 0 saturated carbocycles. The van der Waals surface area contributed by atoms with Gasteiger partial charge >= 0.3 is 0 Å². The van der Waals surface area contributed by atoms with Gasteiger partial charge in [0.25, 0.3) is 0 Å². The van der Waals surface area contributed by atoms with Crippen molar-refractivity contribution in [1.82, 2.24) is 0 Å². The summed E-state index contributed by atoms with van der Waals surface area (Å²) < 4.78 is 6.22. The zero-order chi connectivity index (χ0) is 39.3. The first-order chi connectivity index (χ1) is 29.7. The van der Waals surface area contributed by atoms with Crippen molar-refractivity contribution < 1.29 is 4.42 Å². The van der Waals surface area contributed by atoms with E-state index >= 15 is 0 Å². The van der Waals surface area contributed by atoms with Crippen LogP contribution in [0.15, 0.2) is 217 Å². The Morgan fingerprint density at radius 1 is 0.250 bits per heavy atom. The third-order valence-corrected chi connectivity index (χ3v) is 12.7. The van der Waals surface area contributed by atoms with Crippen LogP contribution in [0.25, 0.3) is 109 Å². The maximum absolute atomic E-state index is 6.22. The number of furan rings is 1. The molecule has 0 atom stereocenters. The lowest BCUT2D eigenvalue weighted by Gasteiger charge is -2.27. The van der Waals surface area contributed by atoms with Crippen molar-refractivity contribution in [3.8, 4) is 22.3 Å². The van der Waals surface area contributed by atoms with Crippen LogP contribution in [-0.2, 0) is 0 Å². The second-order valence-corrected chi connectivity index (χ2v) is 16.0. The molecule has 60 heavy (non-hydrogen) atoms. The smallest absolute Gasteiger partial charge is 0.135 e. The third kappa shape index (κ3) is 4.95. The molecule has 278 valence electrons. The molecule has 0 bridgehead atoms. The molecule has 0 saturated heterocycles. The summed E-state index contributed by atoms with van der Waals surface area (Å²) in [6.45, 7) is 0. The Kier molecular flexibility index (Phi) is 7.05. The summed E-state index contributed by atoms with van der Waals surface area (Å²) in [7, 11) is 0. The normalized spacial score (nSPS) is 12.0. The van der Waals surface area contributed by atoms with Crippen molar-refractivity contribution in [2.24, 2.45) is 0 Å². The first kappa shape index (κ1) is 33.1. The SMILES string of the molecule is c1ccc(-c2ccc(N(c3cccc(-c4ccc5oc6ccccc6c5c4)c3)c3cc4ccc5cccc6c7cccc8ccc9cccc(c(c3)c4c56)c9c87)cc2)cc1. The molecule has 13 aromatic rings. The molecule has 0 fully saturated rings. The van der Waals surface area contributed by atoms with Gasteiger partial charge in [0.15, 0.2) is 0 Å². The van der Waals surface area contributed by atoms with E-state index in [2.05, 4.69) is 205 Å². The second kappa shape index (κ2) is 12.8. The number of fused-ring (bicyclic) bond motifs is 5. The number of hydrogen-bond donors (Lipinski definition) is 0. The number of nitrogens with zero attached hydrogens (tertiary/aromatic N) is 1. The summed E-state index contributed by atoms with van der Waals surface area (Å²) in [6.07, 6.45) is 0. The third-order valence-electron chi connectivity index (χ3n) is 12.7. The molecular formula is C58H35NO. The van der Waals surface area contributed by atoms with Crippen LogP contribution in [0.3, 0.4) is 0 Å². The largest absolute Gasteiger partial charge is 0.456 e. The van der Waals surface area contributed by atoms with Crippen molar-refractivity contribution in [3.63, 3.8) is 0 Å². The first-order valence-electron chi connectivity index (χ1n) is 20.7. The van der Waals surface area contributed by atoms with Gasteiger partial charge in [-0.05, 0) is 141 Å². The standard InChI is InChI=1S/C58H35NO/c1-2-10-36(11-3-1)37-26-29-44(30-27-37)59(45-16-6-15-41(32-45)42-28-31-54-51(34-42)47-17-4-5-21-53(47)60-54)46-33-43-25-24-40-13-8-19-49-48-18-7-12-38-22-23-39-14-9-20-50(57(39)55(38)48)52(35-46)58(43)56(40)49/h1-35H. The molecule has 0 aliphatic heterocycles. The highest BCUT2D eigenvalue weighted by Crippen LogP contribution is 2.47. The van der Waals surface area contributed by atoms with Crippen LogP contribution >= 0.6 is 0 Å². The van der Waals surface area contributed by atoms with Crippen LogP contribution in [0.1, 0.15) is 0 Å². The Labute approximate surface area is 346 Å². The summed E-state index contributed by atoms with van der Waals surface area (Å²) in [5.41, 5.74) is 9.77. The van der Waals surface area contributed by atoms with Gasteiger partial charge in [0.05, 0.1) is 0 Å². The fraction of sp³-hybridized carbons (Fsp3) is 0. The predicted molar refractivity (Wildman–Crippen MR) is 255 cm³/mol. The van der Waals surface area contributed by atoms with Gasteiger partial charge in [0.2, 0.25) is 0 Å². The summed E-state index contributed by atoms with van der Waals surface area (Å²) in [5, 5.41) is 17.5. The molecule has 1 aromatic heterocycles. The molecule has 12 aromatic carbocycles. The van der Waals surface area contributed by atoms with E-state index < -0.39 is 0 Å². The Bertz CT molecular complexity index is 3820. The second-order valence-electron chi connectivity index (χ2n) is 16.0. The van der Waals surface area contributed by atoms with E-state index in [0.29, 0.717) is 0 Å². The highest BCUT2D eigenvalue weighted by molar-refractivity contribution is 6.37. The van der Waals surface area contributed by atoms with Crippen LogP contribution < -0.4 is 4.90 Å². The predicted octanol–water partition coefficient (Wildman–Crippen LogP) is 16.7. The van der Waals surface area contributed by atoms with Crippen molar-refractivity contribution in [2.75, 3.05) is 4.90 Å². The summed E-state index contributed by atoms with van der Waals surface area (Å²) in [5.74, 6) is 0. The van der Waals surface area contributed by atoms with Gasteiger partial charge in [-0.1, -0.05) is 158 Å². The van der Waals surface area contributed by atoms with E-state index in [0.717, 1.165) is 50.1 Å². The van der Waals surface area contributed by atoms with Crippen LogP contribution in [0.4, 0.5) is 17.1 Å². The Morgan fingerprint density at radius 3 is 1.48 bits per heavy atom. The molecule has 1 heterocycles. The molecule has 0 N–H and O–H groups in total. The van der Waals surface area contributed by atoms with E-state index in [-0.39, 0.29) is 0 Å². The summed E-state index contributed by atoms with van der Waals surface area (Å²) >= 11 is 0. The Balaban J connectivity index is 1.10. The number of anilines is 3. The highest BCUT2D eigenvalue weighted by atomic mass is 16.3. The quantitative estimate of drug-likeness (QED) is 0.162. The van der Waals surface area contributed by atoms with Gasteiger partial charge in [-0.25, -0.2) is 0 Å². The van der Waals surface area contributed by atoms with Crippen LogP contribution in [-0.4, -0.2) is 0 Å². The molecule has 0 amide bonds. The monoisotopic (exact) mass is 761 g/mol. The zero-order valence-electron chi connectivity index (χ0n) is 32.6. The van der Waals surface area contributed by atoms with Gasteiger partial charge in [-0.2, -0.15) is 0 Å². The van der Waals surface area contributed by atoms with Crippen LogP contribution in [0.2, 0.25) is 0 Å². The minimum Gasteiger partial charge on any atom is -0.456 e. The van der Waals surface area contributed by atoms with E-state index in [9.17, 15) is 0 Å². The van der Waals surface area contributed by atoms with Crippen molar-refractivity contribution in [1.29, 1.82) is 0 Å². The number of benzene rings is 11.